The largest absolute Gasteiger partial charge is 0.502 e. The van der Waals surface area contributed by atoms with Gasteiger partial charge in [0.25, 0.3) is 0 Å². The zero-order valence-electron chi connectivity index (χ0n) is 11.1. The predicted molar refractivity (Wildman–Crippen MR) is 83.8 cm³/mol. The van der Waals surface area contributed by atoms with Crippen molar-refractivity contribution in [2.75, 3.05) is 7.11 Å². The fraction of sp³-hybridized carbons (Fsp3) is 0.0625. The van der Waals surface area contributed by atoms with Crippen LogP contribution in [0.2, 0.25) is 0 Å². The van der Waals surface area contributed by atoms with E-state index in [-0.39, 0.29) is 5.76 Å². The molecule has 1 heterocycles. The molecule has 2 aromatic carbocycles. The van der Waals surface area contributed by atoms with Crippen LogP contribution >= 0.6 is 15.9 Å². The van der Waals surface area contributed by atoms with Crippen LogP contribution in [-0.2, 0) is 0 Å². The number of hydrogen-bond donors (Lipinski definition) is 1. The van der Waals surface area contributed by atoms with Gasteiger partial charge < -0.3 is 14.3 Å². The Morgan fingerprint density at radius 3 is 2.71 bits per heavy atom. The van der Waals surface area contributed by atoms with Crippen LogP contribution < -0.4 is 10.2 Å². The molecule has 1 aromatic heterocycles. The number of hydrogen-bond acceptors (Lipinski definition) is 4. The second-order valence-electron chi connectivity index (χ2n) is 4.45. The Balaban J connectivity index is 2.38. The molecule has 0 radical (unpaired) electrons. The zero-order chi connectivity index (χ0) is 15.0. The number of para-hydroxylation sites is 1. The minimum atomic E-state index is -0.464. The summed E-state index contributed by atoms with van der Waals surface area (Å²) in [5.74, 6) is 0.175. The molecule has 0 bridgehead atoms. The average Bonchev–Trinajstić information content (AvgIpc) is 2.51. The molecule has 0 unspecified atom stereocenters. The average molecular weight is 347 g/mol. The van der Waals surface area contributed by atoms with E-state index in [1.807, 2.05) is 0 Å². The molecule has 3 aromatic rings. The number of aromatic hydroxyl groups is 1. The Morgan fingerprint density at radius 2 is 1.95 bits per heavy atom. The molecule has 21 heavy (non-hydrogen) atoms. The molecule has 0 aliphatic rings. The Kier molecular flexibility index (Phi) is 3.43. The van der Waals surface area contributed by atoms with Crippen molar-refractivity contribution in [1.29, 1.82) is 0 Å². The quantitative estimate of drug-likeness (QED) is 0.763. The van der Waals surface area contributed by atoms with Gasteiger partial charge in [0, 0.05) is 4.47 Å². The molecular formula is C16H11BrO4. The molecule has 4 nitrogen and oxygen atoms in total. The summed E-state index contributed by atoms with van der Waals surface area (Å²) in [6.07, 6.45) is 0. The molecule has 0 amide bonds. The fourth-order valence-corrected chi connectivity index (χ4v) is 2.53. The molecular weight excluding hydrogens is 336 g/mol. The number of benzene rings is 2. The minimum Gasteiger partial charge on any atom is -0.502 e. The van der Waals surface area contributed by atoms with E-state index >= 15 is 0 Å². The summed E-state index contributed by atoms with van der Waals surface area (Å²) in [5, 5.41) is 10.5. The second kappa shape index (κ2) is 5.26. The number of methoxy groups -OCH3 is 1. The predicted octanol–water partition coefficient (Wildman–Crippen LogP) is 3.94. The van der Waals surface area contributed by atoms with E-state index in [0.717, 1.165) is 4.47 Å². The molecule has 0 aliphatic carbocycles. The van der Waals surface area contributed by atoms with Crippen LogP contribution in [0.25, 0.3) is 22.3 Å². The Labute approximate surface area is 128 Å². The van der Waals surface area contributed by atoms with E-state index in [1.165, 1.54) is 7.11 Å². The van der Waals surface area contributed by atoms with E-state index in [9.17, 15) is 9.90 Å². The van der Waals surface area contributed by atoms with Crippen molar-refractivity contribution in [2.45, 2.75) is 0 Å². The standard InChI is InChI=1S/C16H11BrO4/c1-20-12-7-6-9(17)8-11(12)16-15(19)14(18)10-4-2-3-5-13(10)21-16/h2-8,19H,1H3. The Hall–Kier alpha value is -2.27. The summed E-state index contributed by atoms with van der Waals surface area (Å²) in [4.78, 5) is 12.2. The molecule has 0 aliphatic heterocycles. The highest BCUT2D eigenvalue weighted by Crippen LogP contribution is 2.37. The molecule has 0 atom stereocenters. The molecule has 0 spiro atoms. The van der Waals surface area contributed by atoms with Crippen molar-refractivity contribution >= 4 is 26.9 Å². The van der Waals surface area contributed by atoms with Crippen LogP contribution in [0.3, 0.4) is 0 Å². The van der Waals surface area contributed by atoms with Gasteiger partial charge >= 0.3 is 0 Å². The maximum absolute atomic E-state index is 12.2. The summed E-state index contributed by atoms with van der Waals surface area (Å²) >= 11 is 3.36. The summed E-state index contributed by atoms with van der Waals surface area (Å²) in [7, 11) is 1.52. The van der Waals surface area contributed by atoms with E-state index in [4.69, 9.17) is 9.15 Å². The van der Waals surface area contributed by atoms with Crippen molar-refractivity contribution in [2.24, 2.45) is 0 Å². The maximum Gasteiger partial charge on any atom is 0.235 e. The monoisotopic (exact) mass is 346 g/mol. The lowest BCUT2D eigenvalue weighted by Crippen LogP contribution is -2.02. The lowest BCUT2D eigenvalue weighted by molar-refractivity contribution is 0.411. The van der Waals surface area contributed by atoms with E-state index in [1.54, 1.807) is 42.5 Å². The van der Waals surface area contributed by atoms with Crippen LogP contribution in [0.4, 0.5) is 0 Å². The minimum absolute atomic E-state index is 0.0943. The van der Waals surface area contributed by atoms with Gasteiger partial charge in [0.2, 0.25) is 11.2 Å². The first-order valence-corrected chi connectivity index (χ1v) is 7.00. The van der Waals surface area contributed by atoms with Crippen LogP contribution in [0.1, 0.15) is 0 Å². The Bertz CT molecular complexity index is 883. The number of ether oxygens (including phenoxy) is 1. The summed E-state index contributed by atoms with van der Waals surface area (Å²) < 4.78 is 11.8. The Morgan fingerprint density at radius 1 is 1.19 bits per heavy atom. The van der Waals surface area contributed by atoms with Crippen molar-refractivity contribution in [3.05, 3.63) is 57.2 Å². The normalized spacial score (nSPS) is 10.8. The van der Waals surface area contributed by atoms with Gasteiger partial charge in [0.05, 0.1) is 18.1 Å². The lowest BCUT2D eigenvalue weighted by atomic mass is 10.1. The fourth-order valence-electron chi connectivity index (χ4n) is 2.17. The molecule has 0 saturated heterocycles. The highest BCUT2D eigenvalue weighted by molar-refractivity contribution is 9.10. The van der Waals surface area contributed by atoms with Gasteiger partial charge in [-0.1, -0.05) is 28.1 Å². The van der Waals surface area contributed by atoms with Gasteiger partial charge in [0.1, 0.15) is 11.3 Å². The van der Waals surface area contributed by atoms with Gasteiger partial charge in [-0.15, -0.1) is 0 Å². The number of rotatable bonds is 2. The SMILES string of the molecule is COc1ccc(Br)cc1-c1oc2ccccc2c(=O)c1O. The van der Waals surface area contributed by atoms with Gasteiger partial charge in [-0.2, -0.15) is 0 Å². The van der Waals surface area contributed by atoms with Gasteiger partial charge in [-0.3, -0.25) is 4.79 Å². The molecule has 0 fully saturated rings. The third kappa shape index (κ3) is 2.29. The first-order chi connectivity index (χ1) is 10.1. The van der Waals surface area contributed by atoms with E-state index in [2.05, 4.69) is 15.9 Å². The first kappa shape index (κ1) is 13.7. The highest BCUT2D eigenvalue weighted by Gasteiger charge is 2.18. The van der Waals surface area contributed by atoms with Gasteiger partial charge in [0.15, 0.2) is 5.76 Å². The van der Waals surface area contributed by atoms with Crippen molar-refractivity contribution in [3.63, 3.8) is 0 Å². The lowest BCUT2D eigenvalue weighted by Gasteiger charge is -2.10. The van der Waals surface area contributed by atoms with Gasteiger partial charge in [-0.25, -0.2) is 0 Å². The molecule has 106 valence electrons. The molecule has 1 N–H and O–H groups in total. The van der Waals surface area contributed by atoms with Crippen LogP contribution in [0.5, 0.6) is 11.5 Å². The third-order valence-electron chi connectivity index (χ3n) is 3.18. The van der Waals surface area contributed by atoms with E-state index in [0.29, 0.717) is 22.3 Å². The summed E-state index contributed by atoms with van der Waals surface area (Å²) in [5.41, 5.74) is 0.457. The van der Waals surface area contributed by atoms with Crippen molar-refractivity contribution in [1.82, 2.24) is 0 Å². The molecule has 0 saturated carbocycles. The number of halogens is 1. The smallest absolute Gasteiger partial charge is 0.235 e. The first-order valence-electron chi connectivity index (χ1n) is 6.20. The molecule has 5 heteroatoms. The topological polar surface area (TPSA) is 59.7 Å². The maximum atomic E-state index is 12.2. The zero-order valence-corrected chi connectivity index (χ0v) is 12.7. The van der Waals surface area contributed by atoms with Crippen molar-refractivity contribution in [3.8, 4) is 22.8 Å². The van der Waals surface area contributed by atoms with Gasteiger partial charge in [-0.05, 0) is 30.3 Å². The summed E-state index contributed by atoms with van der Waals surface area (Å²) in [6.45, 7) is 0. The summed E-state index contributed by atoms with van der Waals surface area (Å²) in [6, 6.07) is 12.0. The third-order valence-corrected chi connectivity index (χ3v) is 3.67. The van der Waals surface area contributed by atoms with Crippen LogP contribution in [0.15, 0.2) is 56.1 Å². The van der Waals surface area contributed by atoms with Crippen LogP contribution in [-0.4, -0.2) is 12.2 Å². The van der Waals surface area contributed by atoms with Crippen LogP contribution in [0, 0.1) is 0 Å². The second-order valence-corrected chi connectivity index (χ2v) is 5.37. The molecule has 3 rings (SSSR count). The highest BCUT2D eigenvalue weighted by atomic mass is 79.9. The number of fused-ring (bicyclic) bond motifs is 1. The van der Waals surface area contributed by atoms with Crippen molar-refractivity contribution < 1.29 is 14.3 Å². The van der Waals surface area contributed by atoms with E-state index < -0.39 is 11.2 Å².